The van der Waals surface area contributed by atoms with Gasteiger partial charge in [0.2, 0.25) is 12.7 Å². The van der Waals surface area contributed by atoms with Crippen LogP contribution < -0.4 is 5.32 Å². The first kappa shape index (κ1) is 21.5. The summed E-state index contributed by atoms with van der Waals surface area (Å²) in [5.74, 6) is -1.72. The smallest absolute Gasteiger partial charge is 0.370 e. The predicted molar refractivity (Wildman–Crippen MR) is 94.5 cm³/mol. The van der Waals surface area contributed by atoms with Crippen LogP contribution in [0.3, 0.4) is 0 Å². The fourth-order valence-corrected chi connectivity index (χ4v) is 2.22. The summed E-state index contributed by atoms with van der Waals surface area (Å²) in [4.78, 5) is 46.4. The molecule has 0 radical (unpaired) electrons. The van der Waals surface area contributed by atoms with Crippen LogP contribution in [0.15, 0.2) is 30.3 Å². The first-order valence-corrected chi connectivity index (χ1v) is 8.70. The van der Waals surface area contributed by atoms with Gasteiger partial charge < -0.3 is 19.5 Å². The van der Waals surface area contributed by atoms with Crippen LogP contribution in [0.25, 0.3) is 0 Å². The van der Waals surface area contributed by atoms with Crippen LogP contribution in [0.1, 0.15) is 31.1 Å². The summed E-state index contributed by atoms with van der Waals surface area (Å²) in [6.45, 7) is 4.02. The molecule has 0 aliphatic heterocycles. The molecule has 0 aliphatic carbocycles. The maximum Gasteiger partial charge on any atom is 0.370 e. The van der Waals surface area contributed by atoms with Crippen molar-refractivity contribution in [3.63, 3.8) is 0 Å². The van der Waals surface area contributed by atoms with Crippen molar-refractivity contribution >= 4 is 34.9 Å². The SMILES string of the molecule is CC(C)OC(=O)CNC(=O)C(C)SC(=O)OCOC(=O)c1ccccc1. The van der Waals surface area contributed by atoms with Crippen LogP contribution >= 0.6 is 11.8 Å². The number of esters is 2. The summed E-state index contributed by atoms with van der Waals surface area (Å²) in [7, 11) is 0. The average Bonchev–Trinajstić information content (AvgIpc) is 2.59. The molecule has 1 amide bonds. The Morgan fingerprint density at radius 1 is 1.04 bits per heavy atom. The molecule has 0 bridgehead atoms. The second kappa shape index (κ2) is 11.1. The van der Waals surface area contributed by atoms with Crippen molar-refractivity contribution < 1.29 is 33.4 Å². The largest absolute Gasteiger partial charge is 0.462 e. The number of nitrogens with one attached hydrogen (secondary N) is 1. The molecular formula is C17H21NO7S. The first-order chi connectivity index (χ1) is 12.3. The van der Waals surface area contributed by atoms with E-state index in [1.165, 1.54) is 6.92 Å². The molecule has 1 atom stereocenters. The molecule has 0 spiro atoms. The summed E-state index contributed by atoms with van der Waals surface area (Å²) < 4.78 is 14.4. The van der Waals surface area contributed by atoms with Gasteiger partial charge in [0, 0.05) is 0 Å². The Balaban J connectivity index is 2.26. The Labute approximate surface area is 155 Å². The molecule has 26 heavy (non-hydrogen) atoms. The molecule has 142 valence electrons. The van der Waals surface area contributed by atoms with Gasteiger partial charge in [0.25, 0.3) is 0 Å². The van der Waals surface area contributed by atoms with Crippen LogP contribution in [0.2, 0.25) is 0 Å². The van der Waals surface area contributed by atoms with E-state index >= 15 is 0 Å². The van der Waals surface area contributed by atoms with Crippen molar-refractivity contribution in [2.45, 2.75) is 32.1 Å². The van der Waals surface area contributed by atoms with Gasteiger partial charge in [0.15, 0.2) is 0 Å². The van der Waals surface area contributed by atoms with Crippen molar-refractivity contribution in [1.82, 2.24) is 5.32 Å². The predicted octanol–water partition coefficient (Wildman–Crippen LogP) is 2.13. The topological polar surface area (TPSA) is 108 Å². The minimum Gasteiger partial charge on any atom is -0.462 e. The zero-order valence-corrected chi connectivity index (χ0v) is 15.5. The van der Waals surface area contributed by atoms with Gasteiger partial charge in [0.1, 0.15) is 6.54 Å². The molecule has 1 aromatic carbocycles. The Morgan fingerprint density at radius 3 is 2.31 bits per heavy atom. The molecule has 0 heterocycles. The zero-order chi connectivity index (χ0) is 19.5. The number of amides is 1. The minimum absolute atomic E-state index is 0.278. The number of hydrogen-bond donors (Lipinski definition) is 1. The summed E-state index contributed by atoms with van der Waals surface area (Å²) in [5.41, 5.74) is 0.331. The minimum atomic E-state index is -0.792. The number of hydrogen-bond acceptors (Lipinski definition) is 8. The van der Waals surface area contributed by atoms with Crippen molar-refractivity contribution in [2.75, 3.05) is 13.3 Å². The highest BCUT2D eigenvalue weighted by Gasteiger charge is 2.20. The normalized spacial score (nSPS) is 11.4. The van der Waals surface area contributed by atoms with E-state index in [1.807, 2.05) is 0 Å². The van der Waals surface area contributed by atoms with E-state index in [2.05, 4.69) is 5.32 Å². The molecule has 0 aliphatic rings. The Hall–Kier alpha value is -2.55. The highest BCUT2D eigenvalue weighted by Crippen LogP contribution is 2.14. The van der Waals surface area contributed by atoms with Crippen LogP contribution in [0.4, 0.5) is 4.79 Å². The second-order valence-corrected chi connectivity index (χ2v) is 6.60. The third kappa shape index (κ3) is 8.52. The number of rotatable bonds is 8. The summed E-state index contributed by atoms with van der Waals surface area (Å²) >= 11 is 0.604. The van der Waals surface area contributed by atoms with Crippen molar-refractivity contribution in [3.05, 3.63) is 35.9 Å². The maximum absolute atomic E-state index is 11.8. The number of carbonyl (C=O) groups excluding carboxylic acids is 4. The molecule has 8 nitrogen and oxygen atoms in total. The number of benzene rings is 1. The van der Waals surface area contributed by atoms with Crippen LogP contribution in [0, 0.1) is 0 Å². The lowest BCUT2D eigenvalue weighted by atomic mass is 10.2. The zero-order valence-electron chi connectivity index (χ0n) is 14.7. The maximum atomic E-state index is 11.8. The highest BCUT2D eigenvalue weighted by atomic mass is 32.2. The molecule has 1 unspecified atom stereocenters. The van der Waals surface area contributed by atoms with E-state index in [4.69, 9.17) is 14.2 Å². The molecule has 1 rings (SSSR count). The molecule has 1 N–H and O–H groups in total. The number of thioether (sulfide) groups is 1. The van der Waals surface area contributed by atoms with Gasteiger partial charge >= 0.3 is 17.2 Å². The second-order valence-electron chi connectivity index (χ2n) is 5.33. The van der Waals surface area contributed by atoms with E-state index in [1.54, 1.807) is 44.2 Å². The molecular weight excluding hydrogens is 362 g/mol. The van der Waals surface area contributed by atoms with Crippen molar-refractivity contribution in [2.24, 2.45) is 0 Å². The molecule has 0 saturated carbocycles. The van der Waals surface area contributed by atoms with Crippen molar-refractivity contribution in [1.29, 1.82) is 0 Å². The summed E-state index contributed by atoms with van der Waals surface area (Å²) in [6.07, 6.45) is -0.278. The molecule has 1 aromatic rings. The van der Waals surface area contributed by atoms with E-state index in [0.29, 0.717) is 17.3 Å². The lowest BCUT2D eigenvalue weighted by molar-refractivity contribution is -0.147. The molecule has 0 saturated heterocycles. The molecule has 0 aromatic heterocycles. The van der Waals surface area contributed by atoms with Gasteiger partial charge in [-0.25, -0.2) is 9.59 Å². The highest BCUT2D eigenvalue weighted by molar-refractivity contribution is 8.14. The third-order valence-electron chi connectivity index (χ3n) is 2.79. The lowest BCUT2D eigenvalue weighted by Crippen LogP contribution is -2.36. The van der Waals surface area contributed by atoms with E-state index in [0.717, 1.165) is 0 Å². The van der Waals surface area contributed by atoms with Gasteiger partial charge in [-0.2, -0.15) is 0 Å². The van der Waals surface area contributed by atoms with Gasteiger partial charge in [-0.15, -0.1) is 0 Å². The average molecular weight is 383 g/mol. The lowest BCUT2D eigenvalue weighted by Gasteiger charge is -2.12. The Kier molecular flexibility index (Phi) is 9.21. The van der Waals surface area contributed by atoms with Gasteiger partial charge in [0.05, 0.1) is 16.9 Å². The van der Waals surface area contributed by atoms with Gasteiger partial charge in [-0.05, 0) is 44.7 Å². The third-order valence-corrected chi connectivity index (χ3v) is 3.67. The number of carbonyl (C=O) groups is 4. The quantitative estimate of drug-likeness (QED) is 0.537. The summed E-state index contributed by atoms with van der Waals surface area (Å²) in [6, 6.07) is 8.24. The van der Waals surface area contributed by atoms with Crippen LogP contribution in [0.5, 0.6) is 0 Å². The standard InChI is InChI=1S/C17H21NO7S/c1-11(2)25-14(19)9-18-15(20)12(3)26-17(22)24-10-23-16(21)13-7-5-4-6-8-13/h4-8,11-12H,9-10H2,1-3H3,(H,18,20). The first-order valence-electron chi connectivity index (χ1n) is 7.82. The fraction of sp³-hybridized carbons (Fsp3) is 0.412. The van der Waals surface area contributed by atoms with Gasteiger partial charge in [-0.3, -0.25) is 9.59 Å². The van der Waals surface area contributed by atoms with Crippen LogP contribution in [-0.4, -0.2) is 47.8 Å². The number of ether oxygens (including phenoxy) is 3. The van der Waals surface area contributed by atoms with E-state index in [9.17, 15) is 19.2 Å². The van der Waals surface area contributed by atoms with E-state index in [-0.39, 0.29) is 12.6 Å². The van der Waals surface area contributed by atoms with E-state index < -0.39 is 35.2 Å². The molecule has 9 heteroatoms. The summed E-state index contributed by atoms with van der Waals surface area (Å²) in [5, 5.41) is 0.789. The van der Waals surface area contributed by atoms with Crippen LogP contribution in [-0.2, 0) is 23.8 Å². The Bertz CT molecular complexity index is 633. The Morgan fingerprint density at radius 2 is 1.69 bits per heavy atom. The van der Waals surface area contributed by atoms with Crippen molar-refractivity contribution in [3.8, 4) is 0 Å². The molecule has 0 fully saturated rings. The van der Waals surface area contributed by atoms with Gasteiger partial charge in [-0.1, -0.05) is 18.2 Å². The monoisotopic (exact) mass is 383 g/mol. The fourth-order valence-electron chi connectivity index (χ4n) is 1.63.